The molecule has 2 aromatic carbocycles. The van der Waals surface area contributed by atoms with Gasteiger partial charge in [-0.15, -0.1) is 0 Å². The van der Waals surface area contributed by atoms with Crippen molar-refractivity contribution in [1.82, 2.24) is 5.43 Å². The third-order valence-corrected chi connectivity index (χ3v) is 3.12. The Balaban J connectivity index is 2.26. The summed E-state index contributed by atoms with van der Waals surface area (Å²) < 4.78 is 26.7. The van der Waals surface area contributed by atoms with Crippen LogP contribution in [0.5, 0.6) is 0 Å². The molecule has 1 unspecified atom stereocenters. The van der Waals surface area contributed by atoms with Crippen LogP contribution in [0.3, 0.4) is 0 Å². The third kappa shape index (κ3) is 3.50. The second-order valence-electron chi connectivity index (χ2n) is 4.21. The van der Waals surface area contributed by atoms with Gasteiger partial charge >= 0.3 is 0 Å². The molecule has 0 amide bonds. The number of nitrogens with one attached hydrogen (secondary N) is 1. The molecule has 3 N–H and O–H groups in total. The minimum Gasteiger partial charge on any atom is -0.271 e. The molecule has 0 bridgehead atoms. The molecular weight excluding hydrogens is 270 g/mol. The van der Waals surface area contributed by atoms with Gasteiger partial charge in [-0.1, -0.05) is 23.7 Å². The number of hydrogen-bond acceptors (Lipinski definition) is 2. The average molecular weight is 283 g/mol. The summed E-state index contributed by atoms with van der Waals surface area (Å²) in [6, 6.07) is 10.1. The molecule has 0 heterocycles. The summed E-state index contributed by atoms with van der Waals surface area (Å²) in [5.41, 5.74) is 3.68. The molecule has 0 aliphatic rings. The van der Waals surface area contributed by atoms with E-state index < -0.39 is 11.6 Å². The first-order valence-corrected chi connectivity index (χ1v) is 6.13. The fourth-order valence-corrected chi connectivity index (χ4v) is 2.11. The van der Waals surface area contributed by atoms with Gasteiger partial charge in [0, 0.05) is 5.02 Å². The van der Waals surface area contributed by atoms with Gasteiger partial charge < -0.3 is 0 Å². The van der Waals surface area contributed by atoms with Crippen molar-refractivity contribution in [1.29, 1.82) is 0 Å². The minimum atomic E-state index is -0.474. The Kier molecular flexibility index (Phi) is 4.47. The lowest BCUT2D eigenvalue weighted by atomic mass is 9.99. The van der Waals surface area contributed by atoms with Crippen molar-refractivity contribution in [2.75, 3.05) is 0 Å². The monoisotopic (exact) mass is 282 g/mol. The quantitative estimate of drug-likeness (QED) is 0.666. The van der Waals surface area contributed by atoms with Gasteiger partial charge in [-0.05, 0) is 47.9 Å². The van der Waals surface area contributed by atoms with Crippen LogP contribution in [0.4, 0.5) is 8.78 Å². The summed E-state index contributed by atoms with van der Waals surface area (Å²) in [6.45, 7) is 0. The van der Waals surface area contributed by atoms with Crippen LogP contribution in [-0.2, 0) is 6.42 Å². The number of hydrazine groups is 1. The summed E-state index contributed by atoms with van der Waals surface area (Å²) in [5.74, 6) is 4.55. The molecule has 5 heteroatoms. The Morgan fingerprint density at radius 2 is 1.95 bits per heavy atom. The average Bonchev–Trinajstić information content (AvgIpc) is 2.39. The number of nitrogens with two attached hydrogens (primary N) is 1. The van der Waals surface area contributed by atoms with Crippen LogP contribution in [0.1, 0.15) is 17.2 Å². The zero-order valence-electron chi connectivity index (χ0n) is 10.0. The lowest BCUT2D eigenvalue weighted by molar-refractivity contribution is 0.523. The molecule has 2 nitrogen and oxygen atoms in total. The molecule has 0 aromatic heterocycles. The zero-order chi connectivity index (χ0) is 13.8. The number of halogens is 3. The van der Waals surface area contributed by atoms with Gasteiger partial charge in [0.15, 0.2) is 0 Å². The van der Waals surface area contributed by atoms with E-state index in [1.165, 1.54) is 6.07 Å². The predicted molar refractivity (Wildman–Crippen MR) is 71.6 cm³/mol. The van der Waals surface area contributed by atoms with Crippen LogP contribution in [0.15, 0.2) is 42.5 Å². The van der Waals surface area contributed by atoms with Crippen LogP contribution in [-0.4, -0.2) is 0 Å². The summed E-state index contributed by atoms with van der Waals surface area (Å²) in [5, 5.41) is 0.567. The highest BCUT2D eigenvalue weighted by Gasteiger charge is 2.14. The Morgan fingerprint density at radius 3 is 2.63 bits per heavy atom. The van der Waals surface area contributed by atoms with Crippen molar-refractivity contribution < 1.29 is 8.78 Å². The van der Waals surface area contributed by atoms with Gasteiger partial charge in [0.2, 0.25) is 0 Å². The molecule has 0 fully saturated rings. The molecule has 0 aliphatic carbocycles. The van der Waals surface area contributed by atoms with Crippen molar-refractivity contribution in [2.24, 2.45) is 5.84 Å². The van der Waals surface area contributed by atoms with Crippen molar-refractivity contribution in [3.05, 3.63) is 70.2 Å². The van der Waals surface area contributed by atoms with E-state index in [0.29, 0.717) is 5.02 Å². The summed E-state index contributed by atoms with van der Waals surface area (Å²) in [6.07, 6.45) is 0.237. The lowest BCUT2D eigenvalue weighted by Gasteiger charge is -2.17. The van der Waals surface area contributed by atoms with E-state index in [-0.39, 0.29) is 18.0 Å². The normalized spacial score (nSPS) is 12.4. The molecular formula is C14H13ClF2N2. The van der Waals surface area contributed by atoms with Gasteiger partial charge in [-0.25, -0.2) is 8.78 Å². The number of hydrogen-bond donors (Lipinski definition) is 2. The smallest absolute Gasteiger partial charge is 0.126 e. The second kappa shape index (κ2) is 6.10. The van der Waals surface area contributed by atoms with Crippen LogP contribution in [0.2, 0.25) is 5.02 Å². The van der Waals surface area contributed by atoms with E-state index in [4.69, 9.17) is 17.4 Å². The molecule has 1 atom stereocenters. The molecule has 19 heavy (non-hydrogen) atoms. The Hall–Kier alpha value is -1.49. The van der Waals surface area contributed by atoms with E-state index in [0.717, 1.165) is 17.7 Å². The van der Waals surface area contributed by atoms with E-state index in [1.54, 1.807) is 18.2 Å². The summed E-state index contributed by atoms with van der Waals surface area (Å²) in [4.78, 5) is 0. The first-order chi connectivity index (χ1) is 9.10. The fourth-order valence-electron chi connectivity index (χ4n) is 1.92. The Bertz CT molecular complexity index is 575. The van der Waals surface area contributed by atoms with Crippen molar-refractivity contribution >= 4 is 11.6 Å². The van der Waals surface area contributed by atoms with Gasteiger partial charge in [-0.3, -0.25) is 11.3 Å². The minimum absolute atomic E-state index is 0.237. The Labute approximate surface area is 115 Å². The molecule has 100 valence electrons. The van der Waals surface area contributed by atoms with E-state index in [1.807, 2.05) is 6.07 Å². The van der Waals surface area contributed by atoms with Gasteiger partial charge in [0.1, 0.15) is 11.6 Å². The molecule has 0 saturated heterocycles. The van der Waals surface area contributed by atoms with Crippen molar-refractivity contribution in [3.8, 4) is 0 Å². The highest BCUT2D eigenvalue weighted by Crippen LogP contribution is 2.22. The Morgan fingerprint density at radius 1 is 1.16 bits per heavy atom. The largest absolute Gasteiger partial charge is 0.271 e. The molecule has 0 aliphatic heterocycles. The topological polar surface area (TPSA) is 38.0 Å². The van der Waals surface area contributed by atoms with Crippen LogP contribution < -0.4 is 11.3 Å². The SMILES string of the molecule is NNC(Cc1cc(F)ccc1F)c1cccc(Cl)c1. The second-order valence-corrected chi connectivity index (χ2v) is 4.65. The van der Waals surface area contributed by atoms with Crippen LogP contribution in [0, 0.1) is 11.6 Å². The first kappa shape index (κ1) is 13.9. The number of rotatable bonds is 4. The molecule has 0 radical (unpaired) electrons. The summed E-state index contributed by atoms with van der Waals surface area (Å²) in [7, 11) is 0. The van der Waals surface area contributed by atoms with E-state index in [9.17, 15) is 8.78 Å². The zero-order valence-corrected chi connectivity index (χ0v) is 10.8. The van der Waals surface area contributed by atoms with Crippen LogP contribution in [0.25, 0.3) is 0 Å². The third-order valence-electron chi connectivity index (χ3n) is 2.88. The molecule has 0 spiro atoms. The highest BCUT2D eigenvalue weighted by atomic mass is 35.5. The first-order valence-electron chi connectivity index (χ1n) is 5.75. The maximum absolute atomic E-state index is 13.6. The highest BCUT2D eigenvalue weighted by molar-refractivity contribution is 6.30. The fraction of sp³-hybridized carbons (Fsp3) is 0.143. The van der Waals surface area contributed by atoms with Gasteiger partial charge in [-0.2, -0.15) is 0 Å². The van der Waals surface area contributed by atoms with Gasteiger partial charge in [0.25, 0.3) is 0 Å². The van der Waals surface area contributed by atoms with E-state index in [2.05, 4.69) is 5.43 Å². The predicted octanol–water partition coefficient (Wildman–Crippen LogP) is 3.37. The van der Waals surface area contributed by atoms with Crippen LogP contribution >= 0.6 is 11.6 Å². The standard InChI is InChI=1S/C14H13ClF2N2/c15-11-3-1-2-9(6-11)14(19-18)8-10-7-12(16)4-5-13(10)17/h1-7,14,19H,8,18H2. The molecule has 2 aromatic rings. The molecule has 0 saturated carbocycles. The van der Waals surface area contributed by atoms with Crippen molar-refractivity contribution in [2.45, 2.75) is 12.5 Å². The lowest BCUT2D eigenvalue weighted by Crippen LogP contribution is -2.29. The number of benzene rings is 2. The molecule has 2 rings (SSSR count). The van der Waals surface area contributed by atoms with E-state index >= 15 is 0 Å². The maximum Gasteiger partial charge on any atom is 0.126 e. The van der Waals surface area contributed by atoms with Gasteiger partial charge in [0.05, 0.1) is 6.04 Å². The summed E-state index contributed by atoms with van der Waals surface area (Å²) >= 11 is 5.90. The maximum atomic E-state index is 13.6. The van der Waals surface area contributed by atoms with Crippen molar-refractivity contribution in [3.63, 3.8) is 0 Å².